The van der Waals surface area contributed by atoms with Gasteiger partial charge in [0.1, 0.15) is 0 Å². The first-order chi connectivity index (χ1) is 9.51. The number of rotatable bonds is 6. The number of carbonyl (C=O) groups is 2. The van der Waals surface area contributed by atoms with Crippen LogP contribution in [0.1, 0.15) is 26.7 Å². The summed E-state index contributed by atoms with van der Waals surface area (Å²) < 4.78 is 4.76. The van der Waals surface area contributed by atoms with Crippen molar-refractivity contribution in [2.24, 2.45) is 5.73 Å². The Morgan fingerprint density at radius 3 is 2.25 bits per heavy atom. The highest BCUT2D eigenvalue weighted by Gasteiger charge is 2.05. The van der Waals surface area contributed by atoms with Gasteiger partial charge in [0, 0.05) is 23.8 Å². The lowest BCUT2D eigenvalue weighted by Gasteiger charge is -2.08. The van der Waals surface area contributed by atoms with E-state index in [4.69, 9.17) is 10.5 Å². The maximum Gasteiger partial charge on any atom is 0.411 e. The number of hydrogen-bond donors (Lipinski definition) is 3. The molecule has 2 amide bonds. The van der Waals surface area contributed by atoms with Gasteiger partial charge in [0.15, 0.2) is 0 Å². The van der Waals surface area contributed by atoms with E-state index in [9.17, 15) is 9.59 Å². The Kier molecular flexibility index (Phi) is 6.52. The monoisotopic (exact) mass is 279 g/mol. The molecule has 1 unspecified atom stereocenters. The summed E-state index contributed by atoms with van der Waals surface area (Å²) in [7, 11) is 0. The quantitative estimate of drug-likeness (QED) is 0.745. The largest absolute Gasteiger partial charge is 0.450 e. The van der Waals surface area contributed by atoms with Crippen molar-refractivity contribution in [2.45, 2.75) is 32.7 Å². The highest BCUT2D eigenvalue weighted by molar-refractivity contribution is 5.91. The molecule has 0 aromatic heterocycles. The molecule has 0 bridgehead atoms. The van der Waals surface area contributed by atoms with Crippen LogP contribution >= 0.6 is 0 Å². The standard InChI is InChI=1S/C14H21N3O3/c1-3-20-14(19)17-12-7-5-11(6-8-12)16-13(18)9-4-10(2)15/h5-8,10H,3-4,9,15H2,1-2H3,(H,16,18)(H,17,19). The number of benzene rings is 1. The van der Waals surface area contributed by atoms with Crippen molar-refractivity contribution in [3.8, 4) is 0 Å². The van der Waals surface area contributed by atoms with Crippen LogP contribution in [0.15, 0.2) is 24.3 Å². The molecule has 0 aliphatic heterocycles. The van der Waals surface area contributed by atoms with Crippen LogP contribution in [0.3, 0.4) is 0 Å². The van der Waals surface area contributed by atoms with E-state index in [2.05, 4.69) is 10.6 Å². The SMILES string of the molecule is CCOC(=O)Nc1ccc(NC(=O)CCC(C)N)cc1. The number of ether oxygens (including phenoxy) is 1. The van der Waals surface area contributed by atoms with Crippen molar-refractivity contribution in [3.05, 3.63) is 24.3 Å². The van der Waals surface area contributed by atoms with Crippen molar-refractivity contribution in [1.82, 2.24) is 0 Å². The van der Waals surface area contributed by atoms with E-state index in [1.54, 1.807) is 31.2 Å². The number of amides is 2. The second-order valence-corrected chi connectivity index (χ2v) is 4.49. The van der Waals surface area contributed by atoms with Crippen LogP contribution < -0.4 is 16.4 Å². The normalized spacial score (nSPS) is 11.6. The van der Waals surface area contributed by atoms with E-state index >= 15 is 0 Å². The minimum atomic E-state index is -0.499. The Morgan fingerprint density at radius 2 is 1.75 bits per heavy atom. The molecule has 0 saturated carbocycles. The first-order valence-corrected chi connectivity index (χ1v) is 6.60. The third-order valence-corrected chi connectivity index (χ3v) is 2.52. The average Bonchev–Trinajstić information content (AvgIpc) is 2.39. The van der Waals surface area contributed by atoms with Gasteiger partial charge in [0.25, 0.3) is 0 Å². The molecule has 6 nitrogen and oxygen atoms in total. The molecular formula is C14H21N3O3. The van der Waals surface area contributed by atoms with Crippen LogP contribution in [-0.2, 0) is 9.53 Å². The zero-order valence-electron chi connectivity index (χ0n) is 11.8. The maximum absolute atomic E-state index is 11.6. The van der Waals surface area contributed by atoms with Gasteiger partial charge < -0.3 is 15.8 Å². The Bertz CT molecular complexity index is 443. The number of nitrogens with one attached hydrogen (secondary N) is 2. The number of anilines is 2. The van der Waals surface area contributed by atoms with Gasteiger partial charge in [-0.1, -0.05) is 0 Å². The fourth-order valence-corrected chi connectivity index (χ4v) is 1.50. The van der Waals surface area contributed by atoms with Crippen LogP contribution in [0.4, 0.5) is 16.2 Å². The molecule has 6 heteroatoms. The van der Waals surface area contributed by atoms with Gasteiger partial charge in [-0.05, 0) is 44.5 Å². The summed E-state index contributed by atoms with van der Waals surface area (Å²) in [5, 5.41) is 5.34. The van der Waals surface area contributed by atoms with Crippen LogP contribution in [0, 0.1) is 0 Å². The Labute approximate surface area is 118 Å². The Balaban J connectivity index is 2.46. The molecule has 1 aromatic carbocycles. The summed E-state index contributed by atoms with van der Waals surface area (Å²) in [6, 6.07) is 6.82. The van der Waals surface area contributed by atoms with Crippen molar-refractivity contribution in [2.75, 3.05) is 17.2 Å². The summed E-state index contributed by atoms with van der Waals surface area (Å²) >= 11 is 0. The van der Waals surface area contributed by atoms with E-state index in [1.165, 1.54) is 0 Å². The van der Waals surface area contributed by atoms with Gasteiger partial charge in [-0.3, -0.25) is 10.1 Å². The van der Waals surface area contributed by atoms with Gasteiger partial charge in [-0.2, -0.15) is 0 Å². The lowest BCUT2D eigenvalue weighted by atomic mass is 10.2. The first kappa shape index (κ1) is 16.0. The lowest BCUT2D eigenvalue weighted by Crippen LogP contribution is -2.19. The fraction of sp³-hybridized carbons (Fsp3) is 0.429. The summed E-state index contributed by atoms with van der Waals surface area (Å²) in [6.07, 6.45) is 0.538. The van der Waals surface area contributed by atoms with Gasteiger partial charge in [0.05, 0.1) is 6.61 Å². The van der Waals surface area contributed by atoms with E-state index in [0.717, 1.165) is 0 Å². The van der Waals surface area contributed by atoms with Gasteiger partial charge in [-0.25, -0.2) is 4.79 Å². The van der Waals surface area contributed by atoms with Crippen LogP contribution in [0.5, 0.6) is 0 Å². The molecule has 1 rings (SSSR count). The van der Waals surface area contributed by atoms with E-state index in [1.807, 2.05) is 6.92 Å². The fourth-order valence-electron chi connectivity index (χ4n) is 1.50. The number of nitrogens with two attached hydrogens (primary N) is 1. The van der Waals surface area contributed by atoms with Crippen molar-refractivity contribution in [1.29, 1.82) is 0 Å². The van der Waals surface area contributed by atoms with Gasteiger partial charge >= 0.3 is 6.09 Å². The molecule has 4 N–H and O–H groups in total. The van der Waals surface area contributed by atoms with Crippen LogP contribution in [-0.4, -0.2) is 24.6 Å². The zero-order chi connectivity index (χ0) is 15.0. The highest BCUT2D eigenvalue weighted by atomic mass is 16.5. The second-order valence-electron chi connectivity index (χ2n) is 4.49. The predicted octanol–water partition coefficient (Wildman–Crippen LogP) is 2.32. The topological polar surface area (TPSA) is 93.5 Å². The van der Waals surface area contributed by atoms with E-state index in [0.29, 0.717) is 30.8 Å². The summed E-state index contributed by atoms with van der Waals surface area (Å²) in [5.74, 6) is -0.0756. The molecule has 0 aliphatic rings. The minimum Gasteiger partial charge on any atom is -0.450 e. The van der Waals surface area contributed by atoms with Crippen molar-refractivity contribution in [3.63, 3.8) is 0 Å². The lowest BCUT2D eigenvalue weighted by molar-refractivity contribution is -0.116. The predicted molar refractivity (Wildman–Crippen MR) is 78.6 cm³/mol. The first-order valence-electron chi connectivity index (χ1n) is 6.60. The zero-order valence-corrected chi connectivity index (χ0v) is 11.8. The third-order valence-electron chi connectivity index (χ3n) is 2.52. The third kappa shape index (κ3) is 6.19. The van der Waals surface area contributed by atoms with Gasteiger partial charge in [0.2, 0.25) is 5.91 Å². The average molecular weight is 279 g/mol. The van der Waals surface area contributed by atoms with Crippen LogP contribution in [0.2, 0.25) is 0 Å². The molecule has 1 atom stereocenters. The molecule has 0 heterocycles. The van der Waals surface area contributed by atoms with Crippen LogP contribution in [0.25, 0.3) is 0 Å². The number of carbonyl (C=O) groups excluding carboxylic acids is 2. The molecule has 0 fully saturated rings. The molecule has 0 spiro atoms. The summed E-state index contributed by atoms with van der Waals surface area (Å²) in [6.45, 7) is 3.92. The molecule has 20 heavy (non-hydrogen) atoms. The molecule has 110 valence electrons. The Hall–Kier alpha value is -2.08. The second kappa shape index (κ2) is 8.16. The van der Waals surface area contributed by atoms with Gasteiger partial charge in [-0.15, -0.1) is 0 Å². The van der Waals surface area contributed by atoms with Crippen molar-refractivity contribution >= 4 is 23.4 Å². The summed E-state index contributed by atoms with van der Waals surface area (Å²) in [5.41, 5.74) is 6.88. The molecule has 0 aliphatic carbocycles. The molecule has 1 aromatic rings. The van der Waals surface area contributed by atoms with E-state index in [-0.39, 0.29) is 11.9 Å². The number of hydrogen-bond acceptors (Lipinski definition) is 4. The molecule has 0 saturated heterocycles. The minimum absolute atomic E-state index is 0.0110. The summed E-state index contributed by atoms with van der Waals surface area (Å²) in [4.78, 5) is 22.8. The van der Waals surface area contributed by atoms with E-state index < -0.39 is 6.09 Å². The molecule has 0 radical (unpaired) electrons. The van der Waals surface area contributed by atoms with Crippen molar-refractivity contribution < 1.29 is 14.3 Å². The smallest absolute Gasteiger partial charge is 0.411 e. The Morgan fingerprint density at radius 1 is 1.20 bits per heavy atom. The highest BCUT2D eigenvalue weighted by Crippen LogP contribution is 2.14. The maximum atomic E-state index is 11.6. The molecular weight excluding hydrogens is 258 g/mol.